The van der Waals surface area contributed by atoms with Crippen LogP contribution in [0.3, 0.4) is 0 Å². The minimum Gasteiger partial charge on any atom is -0.504 e. The number of fused-ring (bicyclic) bond motifs is 5. The molecule has 1 atom stereocenters. The maximum absolute atomic E-state index is 13.7. The fourth-order valence-electron chi connectivity index (χ4n) is 5.30. The zero-order valence-electron chi connectivity index (χ0n) is 20.0. The van der Waals surface area contributed by atoms with Gasteiger partial charge in [0.2, 0.25) is 0 Å². The summed E-state index contributed by atoms with van der Waals surface area (Å²) in [6.07, 6.45) is 0. The first-order valence-corrected chi connectivity index (χ1v) is 11.6. The number of anilines is 1. The van der Waals surface area contributed by atoms with Crippen LogP contribution < -0.4 is 16.6 Å². The number of nitrogens with zero attached hydrogens (tertiary/aromatic N) is 3. The van der Waals surface area contributed by atoms with Gasteiger partial charge in [0.1, 0.15) is 0 Å². The van der Waals surface area contributed by atoms with Gasteiger partial charge >= 0.3 is 5.69 Å². The van der Waals surface area contributed by atoms with Crippen molar-refractivity contribution in [2.24, 2.45) is 14.1 Å². The van der Waals surface area contributed by atoms with Crippen LogP contribution in [0.4, 0.5) is 5.69 Å². The van der Waals surface area contributed by atoms with Crippen LogP contribution in [0.25, 0.3) is 27.8 Å². The SMILES string of the molecule is Cc1cccc(-c2c3c(=O)n(C)c(=O)n(C)c3c3n2-c2ccccc2N[C@@H]3c2cccc(O)c2O)c1. The summed E-state index contributed by atoms with van der Waals surface area (Å²) in [7, 11) is 3.12. The van der Waals surface area contributed by atoms with Gasteiger partial charge in [-0.15, -0.1) is 0 Å². The largest absolute Gasteiger partial charge is 0.504 e. The Morgan fingerprint density at radius 2 is 1.64 bits per heavy atom. The molecule has 8 heteroatoms. The standard InChI is InChI=1S/C28H24N4O4/c1-15-8-6-9-16(14-15)23-21-24(30(2)28(36)31(3)27(21)35)25-22(17-10-7-13-20(33)26(17)34)29-18-11-4-5-12-19(18)32(23)25/h4-14,22,29,33-34H,1-3H3/t22-/m1/s1. The Hall–Kier alpha value is -4.72. The Morgan fingerprint density at radius 1 is 0.889 bits per heavy atom. The van der Waals surface area contributed by atoms with Crippen molar-refractivity contribution in [1.82, 2.24) is 13.7 Å². The zero-order valence-corrected chi connectivity index (χ0v) is 20.0. The van der Waals surface area contributed by atoms with E-state index in [4.69, 9.17) is 0 Å². The lowest BCUT2D eigenvalue weighted by atomic mass is 9.98. The van der Waals surface area contributed by atoms with Crippen LogP contribution in [0.5, 0.6) is 11.5 Å². The van der Waals surface area contributed by atoms with E-state index in [2.05, 4.69) is 5.32 Å². The van der Waals surface area contributed by atoms with Crippen LogP contribution in [-0.4, -0.2) is 23.9 Å². The van der Waals surface area contributed by atoms with Crippen molar-refractivity contribution in [2.45, 2.75) is 13.0 Å². The van der Waals surface area contributed by atoms with Crippen molar-refractivity contribution < 1.29 is 10.2 Å². The van der Waals surface area contributed by atoms with E-state index >= 15 is 0 Å². The number of hydrogen-bond donors (Lipinski definition) is 3. The molecule has 8 nitrogen and oxygen atoms in total. The predicted octanol–water partition coefficient (Wildman–Crippen LogP) is 3.93. The molecule has 3 heterocycles. The lowest BCUT2D eigenvalue weighted by Crippen LogP contribution is -2.37. The molecule has 0 spiro atoms. The summed E-state index contributed by atoms with van der Waals surface area (Å²) in [4.78, 5) is 26.8. The molecule has 3 aromatic carbocycles. The van der Waals surface area contributed by atoms with Crippen LogP contribution in [0.1, 0.15) is 22.9 Å². The first-order chi connectivity index (χ1) is 17.3. The van der Waals surface area contributed by atoms with Gasteiger partial charge in [-0.05, 0) is 36.8 Å². The van der Waals surface area contributed by atoms with E-state index in [1.807, 2.05) is 60.0 Å². The third-order valence-corrected chi connectivity index (χ3v) is 6.98. The van der Waals surface area contributed by atoms with Gasteiger partial charge in [0.25, 0.3) is 5.56 Å². The number of para-hydroxylation sites is 3. The fraction of sp³-hybridized carbons (Fsp3) is 0.143. The number of aromatic nitrogens is 3. The summed E-state index contributed by atoms with van der Waals surface area (Å²) in [5.74, 6) is -0.513. The minimum absolute atomic E-state index is 0.251. The van der Waals surface area contributed by atoms with Gasteiger partial charge in [0, 0.05) is 19.7 Å². The molecule has 180 valence electrons. The molecule has 0 radical (unpaired) electrons. The number of aromatic hydroxyl groups is 2. The minimum atomic E-state index is -0.661. The average molecular weight is 481 g/mol. The summed E-state index contributed by atoms with van der Waals surface area (Å²) in [6, 6.07) is 19.7. The first-order valence-electron chi connectivity index (χ1n) is 11.6. The van der Waals surface area contributed by atoms with Crippen molar-refractivity contribution in [2.75, 3.05) is 5.32 Å². The normalized spacial score (nSPS) is 14.4. The Labute approximate surface area is 205 Å². The van der Waals surface area contributed by atoms with E-state index in [1.54, 1.807) is 19.2 Å². The van der Waals surface area contributed by atoms with Gasteiger partial charge in [0.05, 0.1) is 39.7 Å². The molecule has 2 aromatic heterocycles. The van der Waals surface area contributed by atoms with Crippen molar-refractivity contribution in [3.63, 3.8) is 0 Å². The molecular formula is C28H24N4O4. The van der Waals surface area contributed by atoms with E-state index < -0.39 is 17.3 Å². The van der Waals surface area contributed by atoms with Crippen LogP contribution in [0.2, 0.25) is 0 Å². The number of phenols is 2. The van der Waals surface area contributed by atoms with Crippen molar-refractivity contribution in [1.29, 1.82) is 0 Å². The van der Waals surface area contributed by atoms with E-state index in [-0.39, 0.29) is 11.5 Å². The second-order valence-corrected chi connectivity index (χ2v) is 9.18. The topological polar surface area (TPSA) is 101 Å². The number of aryl methyl sites for hydroxylation is 2. The number of benzene rings is 3. The number of phenolic OH excluding ortho intramolecular Hbond substituents is 2. The smallest absolute Gasteiger partial charge is 0.331 e. The molecule has 0 saturated carbocycles. The third kappa shape index (κ3) is 2.87. The summed E-state index contributed by atoms with van der Waals surface area (Å²) >= 11 is 0. The molecule has 0 amide bonds. The second kappa shape index (κ2) is 7.64. The molecule has 1 aliphatic rings. The Morgan fingerprint density at radius 3 is 2.42 bits per heavy atom. The quantitative estimate of drug-likeness (QED) is 0.333. The molecule has 6 rings (SSSR count). The summed E-state index contributed by atoms with van der Waals surface area (Å²) < 4.78 is 4.60. The lowest BCUT2D eigenvalue weighted by Gasteiger charge is -2.31. The van der Waals surface area contributed by atoms with Crippen LogP contribution >= 0.6 is 0 Å². The van der Waals surface area contributed by atoms with E-state index in [1.165, 1.54) is 17.7 Å². The maximum atomic E-state index is 13.7. The van der Waals surface area contributed by atoms with Crippen LogP contribution in [0, 0.1) is 6.92 Å². The molecule has 36 heavy (non-hydrogen) atoms. The highest BCUT2D eigenvalue weighted by Gasteiger charge is 2.36. The van der Waals surface area contributed by atoms with Crippen molar-refractivity contribution in [3.8, 4) is 28.4 Å². The molecule has 0 bridgehead atoms. The van der Waals surface area contributed by atoms with Crippen LogP contribution in [-0.2, 0) is 14.1 Å². The Balaban J connectivity index is 1.88. The van der Waals surface area contributed by atoms with Crippen LogP contribution in [0.15, 0.2) is 76.3 Å². The zero-order chi connectivity index (χ0) is 25.3. The molecule has 1 aliphatic heterocycles. The van der Waals surface area contributed by atoms with E-state index in [0.29, 0.717) is 27.9 Å². The Kier molecular flexibility index (Phi) is 4.63. The second-order valence-electron chi connectivity index (χ2n) is 9.18. The number of hydrogen-bond acceptors (Lipinski definition) is 5. The van der Waals surface area contributed by atoms with Gasteiger partial charge in [-0.3, -0.25) is 13.9 Å². The summed E-state index contributed by atoms with van der Waals surface area (Å²) in [5, 5.41) is 25.0. The summed E-state index contributed by atoms with van der Waals surface area (Å²) in [5.41, 5.74) is 4.79. The summed E-state index contributed by atoms with van der Waals surface area (Å²) in [6.45, 7) is 1.99. The van der Waals surface area contributed by atoms with Gasteiger partial charge in [-0.25, -0.2) is 4.79 Å². The molecule has 5 aromatic rings. The van der Waals surface area contributed by atoms with Crippen molar-refractivity contribution in [3.05, 3.63) is 104 Å². The predicted molar refractivity (Wildman–Crippen MR) is 139 cm³/mol. The van der Waals surface area contributed by atoms with E-state index in [9.17, 15) is 19.8 Å². The Bertz CT molecular complexity index is 1830. The average Bonchev–Trinajstić information content (AvgIpc) is 3.24. The third-order valence-electron chi connectivity index (χ3n) is 6.98. The molecule has 0 aliphatic carbocycles. The first kappa shape index (κ1) is 21.8. The molecule has 0 saturated heterocycles. The highest BCUT2D eigenvalue weighted by atomic mass is 16.3. The van der Waals surface area contributed by atoms with Gasteiger partial charge in [-0.1, -0.05) is 48.0 Å². The highest BCUT2D eigenvalue weighted by Crippen LogP contribution is 2.47. The highest BCUT2D eigenvalue weighted by molar-refractivity contribution is 5.99. The molecule has 0 unspecified atom stereocenters. The lowest BCUT2D eigenvalue weighted by molar-refractivity contribution is 0.398. The monoisotopic (exact) mass is 480 g/mol. The van der Waals surface area contributed by atoms with Crippen molar-refractivity contribution >= 4 is 16.6 Å². The number of nitrogens with one attached hydrogen (secondary N) is 1. The van der Waals surface area contributed by atoms with Gasteiger partial charge in [0.15, 0.2) is 11.5 Å². The number of rotatable bonds is 2. The van der Waals surface area contributed by atoms with E-state index in [0.717, 1.165) is 27.1 Å². The molecule has 3 N–H and O–H groups in total. The molecule has 0 fully saturated rings. The fourth-order valence-corrected chi connectivity index (χ4v) is 5.30. The van der Waals surface area contributed by atoms with Gasteiger partial charge < -0.3 is 20.1 Å². The molecular weight excluding hydrogens is 456 g/mol. The van der Waals surface area contributed by atoms with Gasteiger partial charge in [-0.2, -0.15) is 0 Å². The maximum Gasteiger partial charge on any atom is 0.331 e.